The Bertz CT molecular complexity index is 1220. The smallest absolute Gasteiger partial charge is 0.261 e. The Morgan fingerprint density at radius 2 is 1.31 bits per heavy atom. The molecular formula is C37H51N2O3+. The molecule has 0 aliphatic rings. The first-order chi connectivity index (χ1) is 20.6. The van der Waals surface area contributed by atoms with Crippen LogP contribution in [0.5, 0.6) is 5.75 Å². The van der Waals surface area contributed by atoms with Gasteiger partial charge < -0.3 is 4.74 Å². The molecule has 1 heterocycles. The third kappa shape index (κ3) is 10.4. The molecule has 0 atom stereocenters. The van der Waals surface area contributed by atoms with E-state index in [1.165, 1.54) is 69.1 Å². The topological polar surface area (TPSA) is 50.5 Å². The standard InChI is InChI=1S/C37H51N2O3/c1-4-6-7-8-9-10-11-12-13-14-15-21-29-42-35-27-22-26-34(31(35)3)37(41)39(36(40)32-23-17-16-18-24-32)30-33-25-19-20-28-38(33)5-2/h16-20,22-28H,4-15,21,29-30H2,1-3H3/q+1. The SMILES string of the molecule is CCCCCCCCCCCCCCOc1cccc(C(=O)N(Cc2cccc[n+]2CC)C(=O)c2ccccc2)c1C. The van der Waals surface area contributed by atoms with Gasteiger partial charge >= 0.3 is 0 Å². The summed E-state index contributed by atoms with van der Waals surface area (Å²) >= 11 is 0. The number of aryl methyl sites for hydroxylation is 1. The van der Waals surface area contributed by atoms with Crippen molar-refractivity contribution in [2.24, 2.45) is 0 Å². The minimum Gasteiger partial charge on any atom is -0.493 e. The summed E-state index contributed by atoms with van der Waals surface area (Å²) < 4.78 is 8.19. The molecule has 42 heavy (non-hydrogen) atoms. The first-order valence-electron chi connectivity index (χ1n) is 16.2. The van der Waals surface area contributed by atoms with Gasteiger partial charge in [0.2, 0.25) is 5.69 Å². The lowest BCUT2D eigenvalue weighted by Gasteiger charge is -2.22. The minimum atomic E-state index is -0.316. The largest absolute Gasteiger partial charge is 0.493 e. The number of hydrogen-bond acceptors (Lipinski definition) is 3. The van der Waals surface area contributed by atoms with Gasteiger partial charge in [-0.3, -0.25) is 14.5 Å². The maximum atomic E-state index is 14.0. The number of amides is 2. The zero-order valence-electron chi connectivity index (χ0n) is 26.2. The molecule has 0 saturated heterocycles. The van der Waals surface area contributed by atoms with E-state index in [1.807, 2.05) is 61.7 Å². The van der Waals surface area contributed by atoms with E-state index in [0.29, 0.717) is 23.5 Å². The van der Waals surface area contributed by atoms with Crippen molar-refractivity contribution in [3.63, 3.8) is 0 Å². The molecule has 3 aromatic rings. The third-order valence-electron chi connectivity index (χ3n) is 7.98. The van der Waals surface area contributed by atoms with E-state index in [4.69, 9.17) is 4.74 Å². The minimum absolute atomic E-state index is 0.185. The van der Waals surface area contributed by atoms with E-state index >= 15 is 0 Å². The predicted octanol–water partition coefficient (Wildman–Crippen LogP) is 8.87. The molecule has 0 unspecified atom stereocenters. The number of carbonyl (C=O) groups is 2. The van der Waals surface area contributed by atoms with Gasteiger partial charge in [-0.2, -0.15) is 0 Å². The monoisotopic (exact) mass is 571 g/mol. The van der Waals surface area contributed by atoms with Crippen LogP contribution in [-0.4, -0.2) is 23.3 Å². The van der Waals surface area contributed by atoms with E-state index in [0.717, 1.165) is 30.6 Å². The number of benzene rings is 2. The number of imide groups is 1. The van der Waals surface area contributed by atoms with E-state index in [-0.39, 0.29) is 18.4 Å². The zero-order chi connectivity index (χ0) is 30.0. The summed E-state index contributed by atoms with van der Waals surface area (Å²) in [5.41, 5.74) is 2.64. The molecule has 5 nitrogen and oxygen atoms in total. The van der Waals surface area contributed by atoms with Gasteiger partial charge in [0.15, 0.2) is 6.20 Å². The van der Waals surface area contributed by atoms with Crippen molar-refractivity contribution < 1.29 is 18.9 Å². The van der Waals surface area contributed by atoms with Gasteiger partial charge in [0, 0.05) is 28.8 Å². The highest BCUT2D eigenvalue weighted by molar-refractivity contribution is 6.10. The number of aromatic nitrogens is 1. The molecule has 0 fully saturated rings. The maximum Gasteiger partial charge on any atom is 0.261 e. The summed E-state index contributed by atoms with van der Waals surface area (Å²) in [6.45, 7) is 7.79. The highest BCUT2D eigenvalue weighted by atomic mass is 16.5. The summed E-state index contributed by atoms with van der Waals surface area (Å²) in [7, 11) is 0. The molecule has 0 aliphatic heterocycles. The highest BCUT2D eigenvalue weighted by Gasteiger charge is 2.28. The van der Waals surface area contributed by atoms with Gasteiger partial charge in [-0.25, -0.2) is 4.57 Å². The van der Waals surface area contributed by atoms with Crippen LogP contribution in [0.1, 0.15) is 123 Å². The average molecular weight is 572 g/mol. The first kappa shape index (κ1) is 33.0. The third-order valence-corrected chi connectivity index (χ3v) is 7.98. The molecule has 0 N–H and O–H groups in total. The molecule has 0 aliphatic carbocycles. The lowest BCUT2D eigenvalue weighted by molar-refractivity contribution is -0.701. The molecule has 2 aromatic carbocycles. The normalized spacial score (nSPS) is 10.9. The van der Waals surface area contributed by atoms with Gasteiger partial charge in [0.25, 0.3) is 11.8 Å². The van der Waals surface area contributed by atoms with Crippen molar-refractivity contribution in [1.29, 1.82) is 0 Å². The van der Waals surface area contributed by atoms with Crippen LogP contribution in [-0.2, 0) is 13.1 Å². The van der Waals surface area contributed by atoms with E-state index in [2.05, 4.69) is 18.4 Å². The fourth-order valence-electron chi connectivity index (χ4n) is 5.37. The Morgan fingerprint density at radius 3 is 1.95 bits per heavy atom. The van der Waals surface area contributed by atoms with Crippen LogP contribution in [0.25, 0.3) is 0 Å². The van der Waals surface area contributed by atoms with Crippen molar-refractivity contribution in [1.82, 2.24) is 4.90 Å². The molecule has 0 bridgehead atoms. The van der Waals surface area contributed by atoms with E-state index in [1.54, 1.807) is 18.2 Å². The van der Waals surface area contributed by atoms with Crippen LogP contribution in [0, 0.1) is 6.92 Å². The molecule has 0 spiro atoms. The number of nitrogens with zero attached hydrogens (tertiary/aromatic N) is 2. The summed E-state index contributed by atoms with van der Waals surface area (Å²) in [5, 5.41) is 0. The second-order valence-electron chi connectivity index (χ2n) is 11.2. The van der Waals surface area contributed by atoms with Gasteiger partial charge in [0.05, 0.1) is 6.61 Å². The lowest BCUT2D eigenvalue weighted by atomic mass is 10.0. The van der Waals surface area contributed by atoms with Crippen molar-refractivity contribution in [3.8, 4) is 5.75 Å². The predicted molar refractivity (Wildman–Crippen MR) is 171 cm³/mol. The summed E-state index contributed by atoms with van der Waals surface area (Å²) in [6, 6.07) is 20.4. The molecule has 226 valence electrons. The number of rotatable bonds is 19. The second kappa shape index (κ2) is 18.9. The Labute approximate surface area is 253 Å². The number of ether oxygens (including phenoxy) is 1. The second-order valence-corrected chi connectivity index (χ2v) is 11.2. The fraction of sp³-hybridized carbons (Fsp3) is 0.486. The Kier molecular flexibility index (Phi) is 14.8. The number of unbranched alkanes of at least 4 members (excludes halogenated alkanes) is 11. The Hall–Kier alpha value is -3.47. The highest BCUT2D eigenvalue weighted by Crippen LogP contribution is 2.24. The molecule has 0 radical (unpaired) electrons. The summed E-state index contributed by atoms with van der Waals surface area (Å²) in [5.74, 6) is 0.0809. The van der Waals surface area contributed by atoms with Crippen molar-refractivity contribution in [2.45, 2.75) is 111 Å². The van der Waals surface area contributed by atoms with Gasteiger partial charge in [-0.15, -0.1) is 0 Å². The number of hydrogen-bond donors (Lipinski definition) is 0. The summed E-state index contributed by atoms with van der Waals surface area (Å²) in [4.78, 5) is 29.0. The Morgan fingerprint density at radius 1 is 0.690 bits per heavy atom. The van der Waals surface area contributed by atoms with Crippen LogP contribution in [0.3, 0.4) is 0 Å². The van der Waals surface area contributed by atoms with Crippen LogP contribution < -0.4 is 9.30 Å². The average Bonchev–Trinajstić information content (AvgIpc) is 3.02. The van der Waals surface area contributed by atoms with Crippen LogP contribution in [0.2, 0.25) is 0 Å². The van der Waals surface area contributed by atoms with Crippen molar-refractivity contribution in [3.05, 3.63) is 95.3 Å². The molecule has 0 saturated carbocycles. The molecule has 3 rings (SSSR count). The lowest BCUT2D eigenvalue weighted by Crippen LogP contribution is -2.43. The molecule has 5 heteroatoms. The van der Waals surface area contributed by atoms with Gasteiger partial charge in [0.1, 0.15) is 18.8 Å². The van der Waals surface area contributed by atoms with Gasteiger partial charge in [-0.1, -0.05) is 108 Å². The Balaban J connectivity index is 1.56. The van der Waals surface area contributed by atoms with Crippen LogP contribution in [0.4, 0.5) is 0 Å². The molecular weight excluding hydrogens is 520 g/mol. The van der Waals surface area contributed by atoms with Crippen molar-refractivity contribution in [2.75, 3.05) is 6.61 Å². The van der Waals surface area contributed by atoms with E-state index in [9.17, 15) is 9.59 Å². The maximum absolute atomic E-state index is 14.0. The molecule has 2 amide bonds. The zero-order valence-corrected chi connectivity index (χ0v) is 26.2. The summed E-state index contributed by atoms with van der Waals surface area (Å²) in [6.07, 6.45) is 17.6. The van der Waals surface area contributed by atoms with Crippen molar-refractivity contribution >= 4 is 11.8 Å². The van der Waals surface area contributed by atoms with Crippen LogP contribution in [0.15, 0.2) is 72.9 Å². The van der Waals surface area contributed by atoms with Crippen LogP contribution >= 0.6 is 0 Å². The number of carbonyl (C=O) groups excluding carboxylic acids is 2. The quantitative estimate of drug-likeness (QED) is 0.0820. The first-order valence-corrected chi connectivity index (χ1v) is 16.2. The number of pyridine rings is 1. The molecule has 1 aromatic heterocycles. The van der Waals surface area contributed by atoms with Gasteiger partial charge in [-0.05, 0) is 44.5 Å². The van der Waals surface area contributed by atoms with E-state index < -0.39 is 0 Å². The fourth-order valence-corrected chi connectivity index (χ4v) is 5.37.